The number of nitrogens with two attached hydrogens (primary N) is 1. The van der Waals surface area contributed by atoms with Gasteiger partial charge in [-0.05, 0) is 40.2 Å². The Hall–Kier alpha value is -3.48. The van der Waals surface area contributed by atoms with Gasteiger partial charge in [-0.25, -0.2) is 9.97 Å². The second-order valence-corrected chi connectivity index (χ2v) is 11.1. The molecular weight excluding hydrogens is 618 g/mol. The molecule has 2 N–H and O–H groups in total. The topological polar surface area (TPSA) is 141 Å². The van der Waals surface area contributed by atoms with Crippen LogP contribution in [-0.4, -0.2) is 56.4 Å². The number of pyridine rings is 1. The molecule has 0 amide bonds. The first-order valence-corrected chi connectivity index (χ1v) is 13.7. The fourth-order valence-electron chi connectivity index (χ4n) is 4.41. The van der Waals surface area contributed by atoms with E-state index < -0.39 is 48.3 Å². The molecule has 11 nitrogen and oxygen atoms in total. The van der Waals surface area contributed by atoms with Crippen molar-refractivity contribution in [3.05, 3.63) is 53.5 Å². The number of benzene rings is 1. The van der Waals surface area contributed by atoms with Crippen LogP contribution in [-0.2, 0) is 23.8 Å². The van der Waals surface area contributed by atoms with E-state index in [1.807, 2.05) is 24.3 Å². The molecule has 3 aromatic heterocycles. The van der Waals surface area contributed by atoms with Crippen LogP contribution in [0.1, 0.15) is 33.9 Å². The number of nitrogen functional groups attached to an aromatic ring is 1. The lowest BCUT2D eigenvalue weighted by molar-refractivity contribution is -0.172. The van der Waals surface area contributed by atoms with E-state index >= 15 is 0 Å². The highest BCUT2D eigenvalue weighted by atomic mass is 79.9. The summed E-state index contributed by atoms with van der Waals surface area (Å²) in [6, 6.07) is 9.27. The SMILES string of the molecule is CC(C)C(=O)O[C@@H]1[C@H](OC(=O)C(C)C)[C@@H](COc2ccc3cc(Br)cnc3c2)O[C@H]1n1ccc2c(N)ncnc21.Cl. The Morgan fingerprint density at radius 3 is 2.44 bits per heavy atom. The zero-order valence-electron chi connectivity index (χ0n) is 22.9. The van der Waals surface area contributed by atoms with Crippen LogP contribution in [0.25, 0.3) is 21.9 Å². The number of halogens is 2. The summed E-state index contributed by atoms with van der Waals surface area (Å²) in [6.45, 7) is 6.94. The number of carbonyl (C=O) groups is 2. The Labute approximate surface area is 251 Å². The lowest BCUT2D eigenvalue weighted by Gasteiger charge is -2.26. The summed E-state index contributed by atoms with van der Waals surface area (Å²) in [5.74, 6) is -0.866. The van der Waals surface area contributed by atoms with Gasteiger partial charge in [0.05, 0.1) is 22.7 Å². The van der Waals surface area contributed by atoms with Gasteiger partial charge >= 0.3 is 11.9 Å². The van der Waals surface area contributed by atoms with Crippen LogP contribution >= 0.6 is 28.3 Å². The molecule has 0 bridgehead atoms. The molecule has 0 unspecified atom stereocenters. The molecule has 0 saturated carbocycles. The zero-order valence-corrected chi connectivity index (χ0v) is 25.3. The molecule has 1 aromatic carbocycles. The number of nitrogens with zero attached hydrogens (tertiary/aromatic N) is 4. The molecular formula is C28H31BrClN5O6. The molecule has 41 heavy (non-hydrogen) atoms. The second-order valence-electron chi connectivity index (χ2n) is 10.2. The normalized spacial score (nSPS) is 20.4. The monoisotopic (exact) mass is 647 g/mol. The van der Waals surface area contributed by atoms with Gasteiger partial charge in [0, 0.05) is 28.3 Å². The van der Waals surface area contributed by atoms with Crippen LogP contribution in [0.5, 0.6) is 5.75 Å². The van der Waals surface area contributed by atoms with E-state index in [2.05, 4.69) is 30.9 Å². The van der Waals surface area contributed by atoms with Gasteiger partial charge in [0.15, 0.2) is 18.4 Å². The van der Waals surface area contributed by atoms with Crippen molar-refractivity contribution < 1.29 is 28.5 Å². The Bertz CT molecular complexity index is 1560. The molecule has 4 aromatic rings. The maximum absolute atomic E-state index is 12.8. The van der Waals surface area contributed by atoms with Gasteiger partial charge in [-0.2, -0.15) is 0 Å². The van der Waals surface area contributed by atoms with Crippen LogP contribution in [0.3, 0.4) is 0 Å². The van der Waals surface area contributed by atoms with Crippen LogP contribution in [0.15, 0.2) is 53.5 Å². The van der Waals surface area contributed by atoms with E-state index in [1.165, 1.54) is 6.33 Å². The summed E-state index contributed by atoms with van der Waals surface area (Å²) < 4.78 is 27.0. The first-order chi connectivity index (χ1) is 19.1. The number of hydrogen-bond acceptors (Lipinski definition) is 10. The van der Waals surface area contributed by atoms with Crippen LogP contribution in [0.2, 0.25) is 0 Å². The van der Waals surface area contributed by atoms with Crippen molar-refractivity contribution >= 4 is 68.0 Å². The van der Waals surface area contributed by atoms with Crippen molar-refractivity contribution in [3.8, 4) is 5.75 Å². The molecule has 0 aliphatic carbocycles. The summed E-state index contributed by atoms with van der Waals surface area (Å²) in [5.41, 5.74) is 7.30. The van der Waals surface area contributed by atoms with E-state index in [0.29, 0.717) is 22.6 Å². The fourth-order valence-corrected chi connectivity index (χ4v) is 4.76. The number of fused-ring (bicyclic) bond motifs is 2. The quantitative estimate of drug-likeness (QED) is 0.264. The largest absolute Gasteiger partial charge is 0.491 e. The van der Waals surface area contributed by atoms with Crippen molar-refractivity contribution in [1.29, 1.82) is 0 Å². The predicted octanol–water partition coefficient (Wildman–Crippen LogP) is 4.86. The minimum absolute atomic E-state index is 0. The van der Waals surface area contributed by atoms with Gasteiger partial charge < -0.3 is 29.2 Å². The third kappa shape index (κ3) is 6.39. The Morgan fingerprint density at radius 2 is 1.73 bits per heavy atom. The van der Waals surface area contributed by atoms with Gasteiger partial charge in [0.1, 0.15) is 36.3 Å². The number of esters is 2. The third-order valence-corrected chi connectivity index (χ3v) is 7.02. The average Bonchev–Trinajstić information content (AvgIpc) is 3.49. The van der Waals surface area contributed by atoms with E-state index in [9.17, 15) is 9.59 Å². The second kappa shape index (κ2) is 12.6. The Balaban J connectivity index is 0.00000387. The van der Waals surface area contributed by atoms with E-state index in [0.717, 1.165) is 15.4 Å². The van der Waals surface area contributed by atoms with Crippen molar-refractivity contribution in [3.63, 3.8) is 0 Å². The fraction of sp³-hybridized carbons (Fsp3) is 0.393. The number of hydrogen-bond donors (Lipinski definition) is 1. The molecule has 0 radical (unpaired) electrons. The molecule has 4 atom stereocenters. The average molecular weight is 649 g/mol. The number of anilines is 1. The van der Waals surface area contributed by atoms with Crippen LogP contribution in [0, 0.1) is 11.8 Å². The van der Waals surface area contributed by atoms with E-state index in [-0.39, 0.29) is 19.0 Å². The molecule has 0 spiro atoms. The first kappa shape index (κ1) is 30.5. The van der Waals surface area contributed by atoms with E-state index in [4.69, 9.17) is 24.7 Å². The lowest BCUT2D eigenvalue weighted by Crippen LogP contribution is -2.42. The molecule has 13 heteroatoms. The van der Waals surface area contributed by atoms with Crippen molar-refractivity contribution in [1.82, 2.24) is 19.5 Å². The maximum atomic E-state index is 12.8. The predicted molar refractivity (Wildman–Crippen MR) is 157 cm³/mol. The number of carbonyl (C=O) groups excluding carboxylic acids is 2. The summed E-state index contributed by atoms with van der Waals surface area (Å²) >= 11 is 3.43. The molecule has 4 heterocycles. The van der Waals surface area contributed by atoms with Crippen molar-refractivity contribution in [2.45, 2.75) is 52.2 Å². The molecule has 5 rings (SSSR count). The molecule has 1 fully saturated rings. The summed E-state index contributed by atoms with van der Waals surface area (Å²) in [6.07, 6.45) is 1.22. The highest BCUT2D eigenvalue weighted by Crippen LogP contribution is 2.37. The van der Waals surface area contributed by atoms with Gasteiger partial charge in [-0.15, -0.1) is 12.4 Å². The zero-order chi connectivity index (χ0) is 28.6. The van der Waals surface area contributed by atoms with Gasteiger partial charge in [0.25, 0.3) is 0 Å². The lowest BCUT2D eigenvalue weighted by atomic mass is 10.1. The van der Waals surface area contributed by atoms with Crippen LogP contribution < -0.4 is 10.5 Å². The third-order valence-electron chi connectivity index (χ3n) is 6.58. The smallest absolute Gasteiger partial charge is 0.308 e. The van der Waals surface area contributed by atoms with Gasteiger partial charge in [0.2, 0.25) is 0 Å². The molecule has 1 aliphatic rings. The number of ether oxygens (including phenoxy) is 4. The minimum Gasteiger partial charge on any atom is -0.491 e. The highest BCUT2D eigenvalue weighted by molar-refractivity contribution is 9.10. The Kier molecular flexibility index (Phi) is 9.35. The minimum atomic E-state index is -0.978. The number of rotatable bonds is 8. The van der Waals surface area contributed by atoms with E-state index in [1.54, 1.807) is 50.7 Å². The molecule has 1 saturated heterocycles. The van der Waals surface area contributed by atoms with Crippen molar-refractivity contribution in [2.75, 3.05) is 12.3 Å². The van der Waals surface area contributed by atoms with Crippen molar-refractivity contribution in [2.24, 2.45) is 11.8 Å². The molecule has 218 valence electrons. The maximum Gasteiger partial charge on any atom is 0.308 e. The first-order valence-electron chi connectivity index (χ1n) is 12.9. The molecule has 1 aliphatic heterocycles. The standard InChI is InChI=1S/C28H30BrN5O6.ClH/c1-14(2)27(35)39-22-21(12-37-18-6-5-16-9-17(29)11-31-20(16)10-18)38-26(23(22)40-28(36)15(3)4)34-8-7-19-24(30)32-13-33-25(19)34;/h5-11,13-15,21-23,26H,12H2,1-4H3,(H2,30,32,33);1H/t21-,22-,23-,26-;/m1./s1. The van der Waals surface area contributed by atoms with Gasteiger partial charge in [-0.3, -0.25) is 14.6 Å². The summed E-state index contributed by atoms with van der Waals surface area (Å²) in [5, 5.41) is 1.56. The van der Waals surface area contributed by atoms with Crippen LogP contribution in [0.4, 0.5) is 5.82 Å². The summed E-state index contributed by atoms with van der Waals surface area (Å²) in [4.78, 5) is 38.4. The highest BCUT2D eigenvalue weighted by Gasteiger charge is 2.51. The van der Waals surface area contributed by atoms with Gasteiger partial charge in [-0.1, -0.05) is 27.7 Å². The Morgan fingerprint density at radius 1 is 1.02 bits per heavy atom. The number of aromatic nitrogens is 4. The summed E-state index contributed by atoms with van der Waals surface area (Å²) in [7, 11) is 0.